The van der Waals surface area contributed by atoms with Crippen LogP contribution in [0.25, 0.3) is 0 Å². The maximum atomic E-state index is 13.0. The van der Waals surface area contributed by atoms with Gasteiger partial charge < -0.3 is 15.3 Å². The van der Waals surface area contributed by atoms with Gasteiger partial charge in [0.2, 0.25) is 0 Å². The van der Waals surface area contributed by atoms with Crippen LogP contribution in [0.5, 0.6) is 0 Å². The van der Waals surface area contributed by atoms with E-state index in [0.29, 0.717) is 24.2 Å². The third kappa shape index (κ3) is 3.95. The fraction of sp³-hybridized carbons (Fsp3) is 0.889. The SMILES string of the molecule is CC(CCC(=O)[C@@H](C)[C@H]1CC[C@H]2[C@@H]3CC=C4CCCC[C@]4(C)[C@H]3CC[C@]12C)C(O)(O)O. The first-order chi connectivity index (χ1) is 14.5. The van der Waals surface area contributed by atoms with Crippen LogP contribution in [-0.4, -0.2) is 27.1 Å². The zero-order valence-electron chi connectivity index (χ0n) is 20.1. The Balaban J connectivity index is 1.46. The lowest BCUT2D eigenvalue weighted by Crippen LogP contribution is -2.50. The van der Waals surface area contributed by atoms with Crippen molar-refractivity contribution in [3.05, 3.63) is 11.6 Å². The minimum Gasteiger partial charge on any atom is -0.343 e. The lowest BCUT2D eigenvalue weighted by Gasteiger charge is -2.58. The van der Waals surface area contributed by atoms with Crippen LogP contribution < -0.4 is 0 Å². The Morgan fingerprint density at radius 1 is 1.10 bits per heavy atom. The van der Waals surface area contributed by atoms with Crippen LogP contribution in [0.2, 0.25) is 0 Å². The Hall–Kier alpha value is -0.710. The molecular formula is C27H44O4. The molecular weight excluding hydrogens is 388 g/mol. The molecule has 4 aliphatic carbocycles. The Morgan fingerprint density at radius 2 is 1.84 bits per heavy atom. The number of hydrogen-bond acceptors (Lipinski definition) is 4. The van der Waals surface area contributed by atoms with E-state index in [4.69, 9.17) is 0 Å². The van der Waals surface area contributed by atoms with Gasteiger partial charge in [-0.2, -0.15) is 0 Å². The molecule has 3 N–H and O–H groups in total. The molecule has 0 amide bonds. The minimum absolute atomic E-state index is 0.00388. The summed E-state index contributed by atoms with van der Waals surface area (Å²) in [5.74, 6) is -0.464. The van der Waals surface area contributed by atoms with Crippen molar-refractivity contribution in [2.24, 2.45) is 46.3 Å². The first-order valence-electron chi connectivity index (χ1n) is 12.9. The highest BCUT2D eigenvalue weighted by Gasteiger charge is 2.59. The maximum Gasteiger partial charge on any atom is 0.278 e. The van der Waals surface area contributed by atoms with Crippen molar-refractivity contribution >= 4 is 5.78 Å². The molecule has 31 heavy (non-hydrogen) atoms. The molecule has 1 unspecified atom stereocenters. The molecule has 0 aromatic heterocycles. The van der Waals surface area contributed by atoms with Gasteiger partial charge in [0.1, 0.15) is 5.78 Å². The Labute approximate surface area is 188 Å². The van der Waals surface area contributed by atoms with Gasteiger partial charge in [-0.15, -0.1) is 0 Å². The first-order valence-corrected chi connectivity index (χ1v) is 12.9. The van der Waals surface area contributed by atoms with Crippen LogP contribution in [0, 0.1) is 46.3 Å². The second kappa shape index (κ2) is 8.25. The molecule has 0 radical (unpaired) electrons. The van der Waals surface area contributed by atoms with E-state index in [1.807, 2.05) is 0 Å². The predicted molar refractivity (Wildman–Crippen MR) is 122 cm³/mol. The van der Waals surface area contributed by atoms with Crippen LogP contribution in [0.15, 0.2) is 11.6 Å². The minimum atomic E-state index is -2.70. The van der Waals surface area contributed by atoms with Gasteiger partial charge in [0.15, 0.2) is 0 Å². The van der Waals surface area contributed by atoms with E-state index in [1.54, 1.807) is 12.5 Å². The fourth-order valence-electron chi connectivity index (χ4n) is 8.56. The number of hydrogen-bond donors (Lipinski definition) is 3. The molecule has 4 aliphatic rings. The van der Waals surface area contributed by atoms with E-state index in [0.717, 1.165) is 24.2 Å². The third-order valence-electron chi connectivity index (χ3n) is 10.7. The highest BCUT2D eigenvalue weighted by molar-refractivity contribution is 5.81. The molecule has 0 bridgehead atoms. The summed E-state index contributed by atoms with van der Waals surface area (Å²) in [7, 11) is 0. The molecule has 0 heterocycles. The summed E-state index contributed by atoms with van der Waals surface area (Å²) in [4.78, 5) is 13.0. The second-order valence-corrected chi connectivity index (χ2v) is 12.1. The van der Waals surface area contributed by atoms with E-state index < -0.39 is 11.9 Å². The average molecular weight is 433 g/mol. The topological polar surface area (TPSA) is 77.8 Å². The lowest BCUT2D eigenvalue weighted by atomic mass is 9.47. The smallest absolute Gasteiger partial charge is 0.278 e. The first kappa shape index (κ1) is 23.4. The largest absolute Gasteiger partial charge is 0.343 e. The number of carbonyl (C=O) groups is 1. The van der Waals surface area contributed by atoms with E-state index in [2.05, 4.69) is 26.8 Å². The summed E-state index contributed by atoms with van der Waals surface area (Å²) >= 11 is 0. The highest BCUT2D eigenvalue weighted by atomic mass is 16.7. The van der Waals surface area contributed by atoms with Crippen molar-refractivity contribution in [1.29, 1.82) is 0 Å². The normalized spacial score (nSPS) is 42.1. The molecule has 8 atom stereocenters. The van der Waals surface area contributed by atoms with Crippen LogP contribution in [0.3, 0.4) is 0 Å². The summed E-state index contributed by atoms with van der Waals surface area (Å²) < 4.78 is 0. The third-order valence-corrected chi connectivity index (χ3v) is 10.7. The number of carbonyl (C=O) groups excluding carboxylic acids is 1. The van der Waals surface area contributed by atoms with Gasteiger partial charge in [0, 0.05) is 18.3 Å². The molecule has 176 valence electrons. The molecule has 0 spiro atoms. The van der Waals surface area contributed by atoms with Gasteiger partial charge in [0.25, 0.3) is 5.97 Å². The van der Waals surface area contributed by atoms with Crippen LogP contribution >= 0.6 is 0 Å². The van der Waals surface area contributed by atoms with Crippen molar-refractivity contribution in [3.8, 4) is 0 Å². The molecule has 4 rings (SSSR count). The van der Waals surface area contributed by atoms with Crippen molar-refractivity contribution in [3.63, 3.8) is 0 Å². The van der Waals surface area contributed by atoms with Gasteiger partial charge in [-0.05, 0) is 92.3 Å². The zero-order valence-corrected chi connectivity index (χ0v) is 20.1. The average Bonchev–Trinajstić information content (AvgIpc) is 3.07. The quantitative estimate of drug-likeness (QED) is 0.398. The number of ketones is 1. The number of rotatable bonds is 6. The molecule has 0 aliphatic heterocycles. The van der Waals surface area contributed by atoms with Gasteiger partial charge in [0.05, 0.1) is 0 Å². The van der Waals surface area contributed by atoms with E-state index in [9.17, 15) is 20.1 Å². The Kier molecular flexibility index (Phi) is 6.24. The van der Waals surface area contributed by atoms with E-state index in [1.165, 1.54) is 51.4 Å². The van der Waals surface area contributed by atoms with Crippen LogP contribution in [0.1, 0.15) is 98.3 Å². The van der Waals surface area contributed by atoms with Crippen LogP contribution in [0.4, 0.5) is 0 Å². The summed E-state index contributed by atoms with van der Waals surface area (Å²) in [6, 6.07) is 0. The second-order valence-electron chi connectivity index (χ2n) is 12.1. The Bertz CT molecular complexity index is 721. The molecule has 0 aromatic carbocycles. The molecule has 0 saturated heterocycles. The van der Waals surface area contributed by atoms with Crippen molar-refractivity contribution < 1.29 is 20.1 Å². The van der Waals surface area contributed by atoms with Gasteiger partial charge >= 0.3 is 0 Å². The Morgan fingerprint density at radius 3 is 2.55 bits per heavy atom. The van der Waals surface area contributed by atoms with Crippen molar-refractivity contribution in [2.45, 2.75) is 104 Å². The number of allylic oxidation sites excluding steroid dienone is 2. The standard InChI is InChI=1S/C27H44O4/c1-17(27(29,30)31)8-13-24(28)18(2)21-11-12-22-20-10-9-19-7-5-6-15-25(19,3)23(20)14-16-26(21,22)4/h9,17-18,20-23,29-31H,5-8,10-16H2,1-4H3/t17?,18-,20-,21+,22-,23-,25-,26+/m0/s1. The maximum absolute atomic E-state index is 13.0. The molecule has 4 nitrogen and oxygen atoms in total. The summed E-state index contributed by atoms with van der Waals surface area (Å²) in [5, 5.41) is 28.1. The molecule has 3 saturated carbocycles. The summed E-state index contributed by atoms with van der Waals surface area (Å²) in [6.07, 6.45) is 14.8. The number of aliphatic hydroxyl groups is 3. The van der Waals surface area contributed by atoms with Crippen molar-refractivity contribution in [2.75, 3.05) is 0 Å². The number of Topliss-reactive ketones (excluding diaryl/α,β-unsaturated/α-hetero) is 1. The lowest BCUT2D eigenvalue weighted by molar-refractivity contribution is -0.339. The zero-order chi connectivity index (χ0) is 22.6. The number of fused-ring (bicyclic) bond motifs is 5. The monoisotopic (exact) mass is 432 g/mol. The predicted octanol–water partition coefficient (Wildman–Crippen LogP) is 5.21. The summed E-state index contributed by atoms with van der Waals surface area (Å²) in [6.45, 7) is 8.70. The van der Waals surface area contributed by atoms with Gasteiger partial charge in [-0.3, -0.25) is 4.79 Å². The van der Waals surface area contributed by atoms with Crippen molar-refractivity contribution in [1.82, 2.24) is 0 Å². The van der Waals surface area contributed by atoms with E-state index >= 15 is 0 Å². The summed E-state index contributed by atoms with van der Waals surface area (Å²) in [5.41, 5.74) is 2.42. The molecule has 3 fully saturated rings. The molecule has 0 aromatic rings. The van der Waals surface area contributed by atoms with Gasteiger partial charge in [-0.25, -0.2) is 0 Å². The van der Waals surface area contributed by atoms with E-state index in [-0.39, 0.29) is 17.1 Å². The van der Waals surface area contributed by atoms with Crippen LogP contribution in [-0.2, 0) is 4.79 Å². The van der Waals surface area contributed by atoms with Gasteiger partial charge in [-0.1, -0.05) is 45.8 Å². The fourth-order valence-corrected chi connectivity index (χ4v) is 8.56. The molecule has 4 heteroatoms. The highest BCUT2D eigenvalue weighted by Crippen LogP contribution is 2.67.